The van der Waals surface area contributed by atoms with E-state index in [1.165, 1.54) is 12.8 Å². The van der Waals surface area contributed by atoms with Crippen LogP contribution in [0.3, 0.4) is 0 Å². The number of carbonyl (C=O) groups excluding carboxylic acids is 1. The molecule has 1 aromatic carbocycles. The van der Waals surface area contributed by atoms with Crippen molar-refractivity contribution in [2.75, 3.05) is 11.9 Å². The molecule has 0 saturated heterocycles. The van der Waals surface area contributed by atoms with Crippen molar-refractivity contribution in [2.45, 2.75) is 76.3 Å². The number of rotatable bonds is 7. The number of aromatic nitrogens is 4. The van der Waals surface area contributed by atoms with Gasteiger partial charge in [-0.2, -0.15) is 0 Å². The van der Waals surface area contributed by atoms with Crippen LogP contribution in [0.4, 0.5) is 5.69 Å². The van der Waals surface area contributed by atoms with Crippen LogP contribution in [0.2, 0.25) is 0 Å². The van der Waals surface area contributed by atoms with Gasteiger partial charge in [0.2, 0.25) is 0 Å². The molecule has 8 heteroatoms. The summed E-state index contributed by atoms with van der Waals surface area (Å²) in [7, 11) is 1.99. The molecule has 194 valence electrons. The van der Waals surface area contributed by atoms with E-state index in [1.807, 2.05) is 29.8 Å². The van der Waals surface area contributed by atoms with Crippen molar-refractivity contribution in [3.8, 4) is 5.75 Å². The van der Waals surface area contributed by atoms with E-state index < -0.39 is 0 Å². The fourth-order valence-electron chi connectivity index (χ4n) is 5.93. The van der Waals surface area contributed by atoms with Crippen molar-refractivity contribution in [1.82, 2.24) is 25.1 Å². The van der Waals surface area contributed by atoms with E-state index in [0.717, 1.165) is 46.9 Å². The first-order valence-corrected chi connectivity index (χ1v) is 13.3. The number of ether oxygens (including phenoxy) is 1. The maximum Gasteiger partial charge on any atom is 0.274 e. The van der Waals surface area contributed by atoms with E-state index in [1.54, 1.807) is 6.33 Å². The molecule has 2 aliphatic carbocycles. The zero-order chi connectivity index (χ0) is 26.0. The maximum atomic E-state index is 13.5. The Kier molecular flexibility index (Phi) is 5.46. The predicted molar refractivity (Wildman–Crippen MR) is 142 cm³/mol. The number of carbonyl (C=O) groups is 1. The Bertz CT molecular complexity index is 1370. The van der Waals surface area contributed by atoms with E-state index in [2.05, 4.69) is 60.7 Å². The predicted octanol–water partition coefficient (Wildman–Crippen LogP) is 4.49. The number of hydrogen-bond donors (Lipinski definition) is 2. The van der Waals surface area contributed by atoms with E-state index in [-0.39, 0.29) is 22.3 Å². The lowest BCUT2D eigenvalue weighted by Gasteiger charge is -2.46. The molecule has 8 nitrogen and oxygen atoms in total. The first-order valence-electron chi connectivity index (χ1n) is 13.3. The van der Waals surface area contributed by atoms with Gasteiger partial charge in [-0.05, 0) is 62.3 Å². The van der Waals surface area contributed by atoms with Gasteiger partial charge in [-0.1, -0.05) is 32.9 Å². The molecule has 1 amide bonds. The summed E-state index contributed by atoms with van der Waals surface area (Å²) >= 11 is 0. The average molecular weight is 501 g/mol. The largest absolute Gasteiger partial charge is 0.490 e. The molecule has 0 spiro atoms. The Labute approximate surface area is 218 Å². The molecule has 1 aliphatic heterocycles. The summed E-state index contributed by atoms with van der Waals surface area (Å²) in [5.74, 6) is 2.19. The van der Waals surface area contributed by atoms with Crippen LogP contribution in [0.5, 0.6) is 5.75 Å². The van der Waals surface area contributed by atoms with Gasteiger partial charge in [0, 0.05) is 35.8 Å². The molecule has 0 radical (unpaired) electrons. The Morgan fingerprint density at radius 1 is 1.19 bits per heavy atom. The summed E-state index contributed by atoms with van der Waals surface area (Å²) in [5.41, 5.74) is 3.93. The maximum absolute atomic E-state index is 13.5. The van der Waals surface area contributed by atoms with Gasteiger partial charge in [0.15, 0.2) is 0 Å². The van der Waals surface area contributed by atoms with Gasteiger partial charge in [-0.15, -0.1) is 10.2 Å². The van der Waals surface area contributed by atoms with Gasteiger partial charge in [0.05, 0.1) is 17.7 Å². The highest BCUT2D eigenvalue weighted by molar-refractivity contribution is 6.03. The van der Waals surface area contributed by atoms with E-state index >= 15 is 0 Å². The molecule has 3 heterocycles. The minimum absolute atomic E-state index is 0.184. The normalized spacial score (nSPS) is 24.6. The first-order chi connectivity index (χ1) is 17.6. The third-order valence-corrected chi connectivity index (χ3v) is 8.41. The first kappa shape index (κ1) is 24.1. The number of fused-ring (bicyclic) bond motifs is 1. The Balaban J connectivity index is 1.29. The molecule has 2 fully saturated rings. The number of aryl methyl sites for hydroxylation is 1. The van der Waals surface area contributed by atoms with Gasteiger partial charge >= 0.3 is 0 Å². The van der Waals surface area contributed by atoms with E-state index in [4.69, 9.17) is 9.72 Å². The lowest BCUT2D eigenvalue weighted by Crippen LogP contribution is -2.43. The third kappa shape index (κ3) is 4.21. The summed E-state index contributed by atoms with van der Waals surface area (Å²) in [5, 5.41) is 15.3. The van der Waals surface area contributed by atoms with Crippen LogP contribution in [0, 0.1) is 5.92 Å². The Morgan fingerprint density at radius 3 is 2.65 bits per heavy atom. The number of nitrogens with zero attached hydrogens (tertiary/aromatic N) is 4. The summed E-state index contributed by atoms with van der Waals surface area (Å²) in [6, 6.07) is 10.0. The number of nitrogens with one attached hydrogen (secondary N) is 2. The van der Waals surface area contributed by atoms with E-state index in [9.17, 15) is 4.79 Å². The summed E-state index contributed by atoms with van der Waals surface area (Å²) in [6.45, 7) is 9.95. The topological polar surface area (TPSA) is 94.0 Å². The second-order valence-corrected chi connectivity index (χ2v) is 12.3. The van der Waals surface area contributed by atoms with Crippen molar-refractivity contribution in [3.63, 3.8) is 0 Å². The minimum Gasteiger partial charge on any atom is -0.490 e. The molecule has 3 aromatic rings. The fraction of sp³-hybridized carbons (Fsp3) is 0.517. The highest BCUT2D eigenvalue weighted by atomic mass is 16.5. The van der Waals surface area contributed by atoms with Crippen LogP contribution in [-0.4, -0.2) is 37.8 Å². The highest BCUT2D eigenvalue weighted by Gasteiger charge is 2.48. The fourth-order valence-corrected chi connectivity index (χ4v) is 5.93. The second-order valence-electron chi connectivity index (χ2n) is 12.3. The van der Waals surface area contributed by atoms with Crippen LogP contribution in [-0.2, 0) is 24.4 Å². The molecular weight excluding hydrogens is 464 g/mol. The zero-order valence-corrected chi connectivity index (χ0v) is 22.4. The number of anilines is 1. The summed E-state index contributed by atoms with van der Waals surface area (Å²) in [4.78, 5) is 18.3. The third-order valence-electron chi connectivity index (χ3n) is 8.41. The highest BCUT2D eigenvalue weighted by Crippen LogP contribution is 2.51. The molecule has 2 N–H and O–H groups in total. The molecule has 0 unspecified atom stereocenters. The summed E-state index contributed by atoms with van der Waals surface area (Å²) < 4.78 is 8.07. The van der Waals surface area contributed by atoms with Crippen molar-refractivity contribution in [2.24, 2.45) is 13.0 Å². The number of hydrogen-bond acceptors (Lipinski definition) is 6. The molecule has 0 bridgehead atoms. The molecule has 37 heavy (non-hydrogen) atoms. The minimum atomic E-state index is -0.243. The van der Waals surface area contributed by atoms with Gasteiger partial charge in [0.1, 0.15) is 23.6 Å². The molecule has 2 aromatic heterocycles. The van der Waals surface area contributed by atoms with Gasteiger partial charge in [-0.25, -0.2) is 4.98 Å². The van der Waals surface area contributed by atoms with Crippen LogP contribution < -0.4 is 15.4 Å². The standard InChI is InChI=1S/C29H36N6O2/c1-18-13-29(14-18,26-34-31-17-35(26)5)20-7-6-8-21(12-20)32-25(36)22-11-19(15-30-28(4)9-10-28)23-24(33-22)27(2,3)16-37-23/h6-8,11-12,17-18,30H,9-10,13-16H2,1-5H3,(H,32,36). The second kappa shape index (κ2) is 8.38. The van der Waals surface area contributed by atoms with Crippen LogP contribution in [0.15, 0.2) is 36.7 Å². The Morgan fingerprint density at radius 2 is 1.97 bits per heavy atom. The molecular formula is C29H36N6O2. The smallest absolute Gasteiger partial charge is 0.274 e. The Hall–Kier alpha value is -3.26. The van der Waals surface area contributed by atoms with Crippen molar-refractivity contribution >= 4 is 11.6 Å². The monoisotopic (exact) mass is 500 g/mol. The van der Waals surface area contributed by atoms with Crippen molar-refractivity contribution < 1.29 is 9.53 Å². The number of amides is 1. The molecule has 2 saturated carbocycles. The molecule has 3 aliphatic rings. The lowest BCUT2D eigenvalue weighted by molar-refractivity contribution is 0.102. The average Bonchev–Trinajstić information content (AvgIpc) is 3.29. The summed E-state index contributed by atoms with van der Waals surface area (Å²) in [6.07, 6.45) is 6.11. The van der Waals surface area contributed by atoms with Crippen LogP contribution in [0.1, 0.15) is 86.5 Å². The van der Waals surface area contributed by atoms with Crippen molar-refractivity contribution in [1.29, 1.82) is 0 Å². The van der Waals surface area contributed by atoms with E-state index in [0.29, 0.717) is 24.8 Å². The van der Waals surface area contributed by atoms with Gasteiger partial charge < -0.3 is 19.9 Å². The SMILES string of the molecule is CC1CC(c2cccc(NC(=O)c3cc(CNC4(C)CC4)c4c(n3)C(C)(C)CO4)c2)(c2nncn2C)C1. The van der Waals surface area contributed by atoms with Crippen LogP contribution in [0.25, 0.3) is 0 Å². The number of pyridine rings is 1. The molecule has 0 atom stereocenters. The van der Waals surface area contributed by atoms with Crippen LogP contribution >= 0.6 is 0 Å². The zero-order valence-electron chi connectivity index (χ0n) is 22.4. The quantitative estimate of drug-likeness (QED) is 0.497. The van der Waals surface area contributed by atoms with Gasteiger partial charge in [-0.3, -0.25) is 4.79 Å². The van der Waals surface area contributed by atoms with Gasteiger partial charge in [0.25, 0.3) is 5.91 Å². The molecule has 6 rings (SSSR count). The van der Waals surface area contributed by atoms with Crippen molar-refractivity contribution in [3.05, 3.63) is 65.0 Å². The lowest BCUT2D eigenvalue weighted by atomic mass is 9.58. The number of benzene rings is 1.